The second-order valence-electron chi connectivity index (χ2n) is 8.00. The molecule has 4 aromatic carbocycles. The van der Waals surface area contributed by atoms with Gasteiger partial charge < -0.3 is 14.6 Å². The number of furan rings is 2. The molecule has 3 heteroatoms. The number of nitrogen functional groups attached to an aromatic ring is 1. The first-order valence-electron chi connectivity index (χ1n) is 10.7. The van der Waals surface area contributed by atoms with Crippen molar-refractivity contribution in [3.05, 3.63) is 109 Å². The molecule has 0 fully saturated rings. The first-order valence-corrected chi connectivity index (χ1v) is 10.7. The number of hydrogen-bond acceptors (Lipinski definition) is 3. The fourth-order valence-electron chi connectivity index (χ4n) is 4.59. The monoisotopic (exact) mass is 415 g/mol. The summed E-state index contributed by atoms with van der Waals surface area (Å²) in [7, 11) is 0. The van der Waals surface area contributed by atoms with Crippen molar-refractivity contribution in [3.63, 3.8) is 0 Å². The zero-order valence-electron chi connectivity index (χ0n) is 17.5. The SMILES string of the molecule is C=C/C=C(\Cc1ccccc1N)c1cc2c3ccccc3oc2c2c1oc1ccccc12. The number of allylic oxidation sites excluding steroid dienone is 3. The molecule has 154 valence electrons. The molecule has 0 saturated carbocycles. The Hall–Kier alpha value is -4.24. The standard InChI is InChI=1S/C29H21NO2/c1-2-9-18(16-19-10-3-6-13-24(19)30)22-17-23-20-11-4-7-14-25(20)31-29(23)27-21-12-5-8-15-26(21)32-28(22)27/h2-15,17H,1,16,30H2/b18-9+. The molecule has 2 heterocycles. The minimum absolute atomic E-state index is 0.673. The van der Waals surface area contributed by atoms with Gasteiger partial charge in [0.1, 0.15) is 22.3 Å². The van der Waals surface area contributed by atoms with Crippen LogP contribution >= 0.6 is 0 Å². The lowest BCUT2D eigenvalue weighted by Crippen LogP contribution is -1.97. The smallest absolute Gasteiger partial charge is 0.147 e. The number of para-hydroxylation sites is 3. The Balaban J connectivity index is 1.73. The van der Waals surface area contributed by atoms with Crippen LogP contribution in [0.15, 0.2) is 106 Å². The molecule has 32 heavy (non-hydrogen) atoms. The molecule has 0 aliphatic carbocycles. The third kappa shape index (κ3) is 2.75. The van der Waals surface area contributed by atoms with Crippen LogP contribution in [-0.4, -0.2) is 0 Å². The molecule has 0 unspecified atom stereocenters. The minimum Gasteiger partial charge on any atom is -0.455 e. The largest absolute Gasteiger partial charge is 0.455 e. The fourth-order valence-corrected chi connectivity index (χ4v) is 4.59. The van der Waals surface area contributed by atoms with Gasteiger partial charge in [0.15, 0.2) is 0 Å². The molecular weight excluding hydrogens is 394 g/mol. The molecule has 3 nitrogen and oxygen atoms in total. The van der Waals surface area contributed by atoms with Crippen molar-refractivity contribution in [1.82, 2.24) is 0 Å². The highest BCUT2D eigenvalue weighted by Gasteiger charge is 2.21. The number of fused-ring (bicyclic) bond motifs is 7. The summed E-state index contributed by atoms with van der Waals surface area (Å²) in [6.07, 6.45) is 4.54. The van der Waals surface area contributed by atoms with Crippen molar-refractivity contribution in [2.75, 3.05) is 5.73 Å². The first kappa shape index (κ1) is 18.5. The molecule has 6 rings (SSSR count). The van der Waals surface area contributed by atoms with Gasteiger partial charge in [0.2, 0.25) is 0 Å². The van der Waals surface area contributed by atoms with E-state index in [1.54, 1.807) is 0 Å². The average molecular weight is 415 g/mol. The zero-order valence-corrected chi connectivity index (χ0v) is 17.5. The Labute approximate surface area is 185 Å². The maximum atomic E-state index is 6.42. The van der Waals surface area contributed by atoms with Crippen LogP contribution in [0.25, 0.3) is 49.5 Å². The highest BCUT2D eigenvalue weighted by Crippen LogP contribution is 2.43. The predicted molar refractivity (Wildman–Crippen MR) is 134 cm³/mol. The van der Waals surface area contributed by atoms with Crippen LogP contribution in [0, 0.1) is 0 Å². The van der Waals surface area contributed by atoms with Gasteiger partial charge in [-0.15, -0.1) is 0 Å². The van der Waals surface area contributed by atoms with Gasteiger partial charge in [-0.1, -0.05) is 73.3 Å². The topological polar surface area (TPSA) is 52.3 Å². The Morgan fingerprint density at radius 3 is 2.22 bits per heavy atom. The van der Waals surface area contributed by atoms with Crippen molar-refractivity contribution in [1.29, 1.82) is 0 Å². The van der Waals surface area contributed by atoms with E-state index in [2.05, 4.69) is 30.8 Å². The van der Waals surface area contributed by atoms with Crippen molar-refractivity contribution < 1.29 is 8.83 Å². The normalized spacial score (nSPS) is 12.3. The molecule has 0 bridgehead atoms. The van der Waals surface area contributed by atoms with E-state index in [0.29, 0.717) is 6.42 Å². The van der Waals surface area contributed by atoms with Gasteiger partial charge in [-0.05, 0) is 35.4 Å². The van der Waals surface area contributed by atoms with Gasteiger partial charge in [0.05, 0.1) is 5.39 Å². The van der Waals surface area contributed by atoms with E-state index < -0.39 is 0 Å². The lowest BCUT2D eigenvalue weighted by atomic mass is 9.93. The minimum atomic E-state index is 0.673. The predicted octanol–water partition coefficient (Wildman–Crippen LogP) is 7.88. The Kier molecular flexibility index (Phi) is 4.15. The van der Waals surface area contributed by atoms with E-state index in [0.717, 1.165) is 66.3 Å². The third-order valence-corrected chi connectivity index (χ3v) is 6.09. The highest BCUT2D eigenvalue weighted by molar-refractivity contribution is 6.24. The summed E-state index contributed by atoms with van der Waals surface area (Å²) in [5.74, 6) is 0. The van der Waals surface area contributed by atoms with E-state index in [1.165, 1.54) is 0 Å². The van der Waals surface area contributed by atoms with Crippen LogP contribution in [0.1, 0.15) is 11.1 Å². The zero-order chi connectivity index (χ0) is 21.7. The molecule has 2 N–H and O–H groups in total. The summed E-state index contributed by atoms with van der Waals surface area (Å²) < 4.78 is 12.8. The Morgan fingerprint density at radius 2 is 1.44 bits per heavy atom. The lowest BCUT2D eigenvalue weighted by Gasteiger charge is -2.11. The average Bonchev–Trinajstić information content (AvgIpc) is 3.38. The van der Waals surface area contributed by atoms with Gasteiger partial charge in [-0.3, -0.25) is 0 Å². The van der Waals surface area contributed by atoms with E-state index in [1.807, 2.05) is 66.7 Å². The summed E-state index contributed by atoms with van der Waals surface area (Å²) in [4.78, 5) is 0. The molecule has 0 aliphatic rings. The van der Waals surface area contributed by atoms with Crippen molar-refractivity contribution in [3.8, 4) is 0 Å². The van der Waals surface area contributed by atoms with Gasteiger partial charge in [0, 0.05) is 33.8 Å². The number of hydrogen-bond donors (Lipinski definition) is 1. The summed E-state index contributed by atoms with van der Waals surface area (Å²) in [6.45, 7) is 3.96. The van der Waals surface area contributed by atoms with Crippen molar-refractivity contribution >= 4 is 55.1 Å². The van der Waals surface area contributed by atoms with Crippen LogP contribution in [0.2, 0.25) is 0 Å². The Morgan fingerprint density at radius 1 is 0.781 bits per heavy atom. The third-order valence-electron chi connectivity index (χ3n) is 6.09. The second-order valence-corrected chi connectivity index (χ2v) is 8.00. The molecule has 0 radical (unpaired) electrons. The Bertz CT molecular complexity index is 1680. The highest BCUT2D eigenvalue weighted by atomic mass is 16.3. The molecule has 0 amide bonds. The number of nitrogens with two attached hydrogens (primary N) is 1. The van der Waals surface area contributed by atoms with Gasteiger partial charge >= 0.3 is 0 Å². The van der Waals surface area contributed by atoms with Crippen LogP contribution in [0.5, 0.6) is 0 Å². The molecule has 0 aliphatic heterocycles. The first-order chi connectivity index (χ1) is 15.7. The number of anilines is 1. The van der Waals surface area contributed by atoms with E-state index in [9.17, 15) is 0 Å². The van der Waals surface area contributed by atoms with Crippen LogP contribution in [0.4, 0.5) is 5.69 Å². The lowest BCUT2D eigenvalue weighted by molar-refractivity contribution is 0.661. The molecular formula is C29H21NO2. The quantitative estimate of drug-likeness (QED) is 0.235. The summed E-state index contributed by atoms with van der Waals surface area (Å²) in [5, 5.41) is 4.21. The fraction of sp³-hybridized carbons (Fsp3) is 0.0345. The molecule has 6 aromatic rings. The van der Waals surface area contributed by atoms with Gasteiger partial charge in [0.25, 0.3) is 0 Å². The van der Waals surface area contributed by atoms with E-state index >= 15 is 0 Å². The van der Waals surface area contributed by atoms with Crippen LogP contribution in [-0.2, 0) is 6.42 Å². The van der Waals surface area contributed by atoms with E-state index in [4.69, 9.17) is 14.6 Å². The number of rotatable bonds is 4. The molecule has 0 spiro atoms. The molecule has 0 atom stereocenters. The maximum Gasteiger partial charge on any atom is 0.147 e. The molecule has 0 saturated heterocycles. The summed E-state index contributed by atoms with van der Waals surface area (Å²) >= 11 is 0. The summed E-state index contributed by atoms with van der Waals surface area (Å²) in [5.41, 5.74) is 13.6. The van der Waals surface area contributed by atoms with E-state index in [-0.39, 0.29) is 0 Å². The van der Waals surface area contributed by atoms with Gasteiger partial charge in [-0.2, -0.15) is 0 Å². The molecule has 2 aromatic heterocycles. The maximum absolute atomic E-state index is 6.42. The van der Waals surface area contributed by atoms with Gasteiger partial charge in [-0.25, -0.2) is 0 Å². The van der Waals surface area contributed by atoms with Crippen molar-refractivity contribution in [2.24, 2.45) is 0 Å². The van der Waals surface area contributed by atoms with Crippen LogP contribution < -0.4 is 5.73 Å². The summed E-state index contributed by atoms with van der Waals surface area (Å²) in [6, 6.07) is 26.4. The van der Waals surface area contributed by atoms with Crippen LogP contribution in [0.3, 0.4) is 0 Å². The van der Waals surface area contributed by atoms with Crippen molar-refractivity contribution in [2.45, 2.75) is 6.42 Å². The number of benzene rings is 4. The second kappa shape index (κ2) is 7.17.